The highest BCUT2D eigenvalue weighted by molar-refractivity contribution is 6.04. The summed E-state index contributed by atoms with van der Waals surface area (Å²) in [5, 5.41) is 14.2. The number of aliphatic hydroxyl groups is 1. The quantitative estimate of drug-likeness (QED) is 0.508. The molecule has 1 saturated carbocycles. The van der Waals surface area contributed by atoms with Crippen LogP contribution in [0.25, 0.3) is 0 Å². The van der Waals surface area contributed by atoms with E-state index in [4.69, 9.17) is 0 Å². The van der Waals surface area contributed by atoms with Crippen LogP contribution in [0, 0.1) is 5.92 Å². The lowest BCUT2D eigenvalue weighted by Crippen LogP contribution is -2.40. The van der Waals surface area contributed by atoms with Gasteiger partial charge in [0.2, 0.25) is 0 Å². The molecular weight excluding hydrogens is 184 g/mol. The Balaban J connectivity index is 2.00. The van der Waals surface area contributed by atoms with Crippen molar-refractivity contribution in [1.82, 2.24) is 10.6 Å². The van der Waals surface area contributed by atoms with E-state index in [1.165, 1.54) is 0 Å². The second-order valence-electron chi connectivity index (χ2n) is 4.02. The standard InChI is InChI=1S/C9H14N2O3/c12-6-3-1-2-5(4-6)7-8(13)11-9(14)10-7/h5-7,12H,1-4H2,(H2,10,11,13,14). The number of rotatable bonds is 1. The van der Waals surface area contributed by atoms with Gasteiger partial charge in [-0.25, -0.2) is 4.79 Å². The first-order chi connectivity index (χ1) is 6.66. The molecule has 2 fully saturated rings. The highest BCUT2D eigenvalue weighted by atomic mass is 16.3. The molecule has 3 atom stereocenters. The summed E-state index contributed by atoms with van der Waals surface area (Å²) in [6.45, 7) is 0. The number of carbonyl (C=O) groups excluding carboxylic acids is 2. The monoisotopic (exact) mass is 198 g/mol. The summed E-state index contributed by atoms with van der Waals surface area (Å²) in [4.78, 5) is 22.2. The summed E-state index contributed by atoms with van der Waals surface area (Å²) < 4.78 is 0. The van der Waals surface area contributed by atoms with Crippen LogP contribution in [0.15, 0.2) is 0 Å². The minimum absolute atomic E-state index is 0.0881. The number of hydrogen-bond donors (Lipinski definition) is 3. The molecule has 3 unspecified atom stereocenters. The summed E-state index contributed by atoms with van der Waals surface area (Å²) in [6.07, 6.45) is 2.91. The van der Waals surface area contributed by atoms with Gasteiger partial charge in [0, 0.05) is 0 Å². The topological polar surface area (TPSA) is 78.4 Å². The van der Waals surface area contributed by atoms with Crippen LogP contribution in [0.4, 0.5) is 4.79 Å². The van der Waals surface area contributed by atoms with E-state index in [0.29, 0.717) is 6.42 Å². The average Bonchev–Trinajstić information content (AvgIpc) is 2.45. The molecular formula is C9H14N2O3. The number of amides is 3. The number of urea groups is 1. The van der Waals surface area contributed by atoms with E-state index in [-0.39, 0.29) is 17.9 Å². The molecule has 1 heterocycles. The van der Waals surface area contributed by atoms with E-state index in [9.17, 15) is 14.7 Å². The van der Waals surface area contributed by atoms with Crippen molar-refractivity contribution < 1.29 is 14.7 Å². The van der Waals surface area contributed by atoms with Gasteiger partial charge in [-0.1, -0.05) is 6.42 Å². The van der Waals surface area contributed by atoms with E-state index in [1.807, 2.05) is 0 Å². The van der Waals surface area contributed by atoms with Gasteiger partial charge in [0.25, 0.3) is 5.91 Å². The molecule has 0 radical (unpaired) electrons. The molecule has 14 heavy (non-hydrogen) atoms. The molecule has 0 bridgehead atoms. The molecule has 0 aromatic heterocycles. The Morgan fingerprint density at radius 3 is 2.64 bits per heavy atom. The molecule has 3 amide bonds. The van der Waals surface area contributed by atoms with Crippen molar-refractivity contribution in [2.24, 2.45) is 5.92 Å². The number of hydrogen-bond acceptors (Lipinski definition) is 3. The van der Waals surface area contributed by atoms with Crippen LogP contribution in [0.2, 0.25) is 0 Å². The highest BCUT2D eigenvalue weighted by Gasteiger charge is 2.38. The predicted molar refractivity (Wildman–Crippen MR) is 48.4 cm³/mol. The molecule has 1 saturated heterocycles. The number of nitrogens with one attached hydrogen (secondary N) is 2. The van der Waals surface area contributed by atoms with Crippen molar-refractivity contribution in [2.75, 3.05) is 0 Å². The first kappa shape index (κ1) is 9.45. The van der Waals surface area contributed by atoms with Crippen LogP contribution in [-0.4, -0.2) is 29.2 Å². The van der Waals surface area contributed by atoms with Gasteiger partial charge in [0.15, 0.2) is 0 Å². The zero-order chi connectivity index (χ0) is 10.1. The van der Waals surface area contributed by atoms with E-state index >= 15 is 0 Å². The largest absolute Gasteiger partial charge is 0.393 e. The Kier molecular flexibility index (Phi) is 2.41. The normalized spacial score (nSPS) is 37.9. The minimum atomic E-state index is -0.433. The third-order valence-electron chi connectivity index (χ3n) is 2.96. The van der Waals surface area contributed by atoms with Crippen LogP contribution in [0.3, 0.4) is 0 Å². The van der Waals surface area contributed by atoms with Crippen molar-refractivity contribution in [2.45, 2.75) is 37.8 Å². The number of carbonyl (C=O) groups is 2. The molecule has 2 rings (SSSR count). The van der Waals surface area contributed by atoms with Crippen LogP contribution in [0.1, 0.15) is 25.7 Å². The molecule has 5 nitrogen and oxygen atoms in total. The Bertz CT molecular complexity index is 267. The molecule has 1 aliphatic carbocycles. The first-order valence-electron chi connectivity index (χ1n) is 4.96. The lowest BCUT2D eigenvalue weighted by molar-refractivity contribution is -0.121. The number of aliphatic hydroxyl groups excluding tert-OH is 1. The second kappa shape index (κ2) is 3.57. The average molecular weight is 198 g/mol. The summed E-state index contributed by atoms with van der Waals surface area (Å²) in [5.74, 6) is -0.167. The SMILES string of the molecule is O=C1NC(=O)C(C2CCCC(O)C2)N1. The van der Waals surface area contributed by atoms with E-state index in [1.54, 1.807) is 0 Å². The summed E-state index contributed by atoms with van der Waals surface area (Å²) in [6, 6.07) is -0.850. The van der Waals surface area contributed by atoms with Crippen LogP contribution in [-0.2, 0) is 4.79 Å². The van der Waals surface area contributed by atoms with Gasteiger partial charge >= 0.3 is 6.03 Å². The van der Waals surface area contributed by atoms with E-state index < -0.39 is 12.1 Å². The fourth-order valence-electron chi connectivity index (χ4n) is 2.27. The van der Waals surface area contributed by atoms with Gasteiger partial charge in [-0.2, -0.15) is 0 Å². The third-order valence-corrected chi connectivity index (χ3v) is 2.96. The molecule has 0 aromatic carbocycles. The zero-order valence-electron chi connectivity index (χ0n) is 7.82. The molecule has 3 N–H and O–H groups in total. The summed E-state index contributed by atoms with van der Waals surface area (Å²) in [5.41, 5.74) is 0. The van der Waals surface area contributed by atoms with Gasteiger partial charge in [-0.3, -0.25) is 10.1 Å². The maximum absolute atomic E-state index is 11.3. The fraction of sp³-hybridized carbons (Fsp3) is 0.778. The van der Waals surface area contributed by atoms with Crippen molar-refractivity contribution in [3.63, 3.8) is 0 Å². The Labute approximate surface area is 81.9 Å². The molecule has 78 valence electrons. The summed E-state index contributed by atoms with van der Waals surface area (Å²) in [7, 11) is 0. The lowest BCUT2D eigenvalue weighted by atomic mass is 9.82. The Morgan fingerprint density at radius 1 is 1.29 bits per heavy atom. The van der Waals surface area contributed by atoms with Crippen molar-refractivity contribution in [3.8, 4) is 0 Å². The number of imide groups is 1. The van der Waals surface area contributed by atoms with E-state index in [0.717, 1.165) is 19.3 Å². The van der Waals surface area contributed by atoms with Crippen LogP contribution >= 0.6 is 0 Å². The van der Waals surface area contributed by atoms with Gasteiger partial charge in [-0.05, 0) is 25.2 Å². The van der Waals surface area contributed by atoms with Crippen molar-refractivity contribution in [3.05, 3.63) is 0 Å². The van der Waals surface area contributed by atoms with Crippen LogP contribution in [0.5, 0.6) is 0 Å². The van der Waals surface area contributed by atoms with Gasteiger partial charge in [-0.15, -0.1) is 0 Å². The third kappa shape index (κ3) is 1.72. The second-order valence-corrected chi connectivity index (χ2v) is 4.02. The molecule has 5 heteroatoms. The molecule has 0 spiro atoms. The van der Waals surface area contributed by atoms with Crippen molar-refractivity contribution in [1.29, 1.82) is 0 Å². The highest BCUT2D eigenvalue weighted by Crippen LogP contribution is 2.27. The fourth-order valence-corrected chi connectivity index (χ4v) is 2.27. The van der Waals surface area contributed by atoms with Gasteiger partial charge in [0.1, 0.15) is 6.04 Å². The van der Waals surface area contributed by atoms with Gasteiger partial charge < -0.3 is 10.4 Å². The van der Waals surface area contributed by atoms with E-state index in [2.05, 4.69) is 10.6 Å². The maximum atomic E-state index is 11.3. The Morgan fingerprint density at radius 2 is 2.07 bits per heavy atom. The molecule has 0 aromatic rings. The smallest absolute Gasteiger partial charge is 0.322 e. The van der Waals surface area contributed by atoms with Crippen LogP contribution < -0.4 is 10.6 Å². The lowest BCUT2D eigenvalue weighted by Gasteiger charge is -2.28. The Hall–Kier alpha value is -1.10. The molecule has 1 aliphatic heterocycles. The van der Waals surface area contributed by atoms with Gasteiger partial charge in [0.05, 0.1) is 6.10 Å². The zero-order valence-corrected chi connectivity index (χ0v) is 7.82. The molecule has 2 aliphatic rings. The summed E-state index contributed by atoms with van der Waals surface area (Å²) >= 11 is 0. The minimum Gasteiger partial charge on any atom is -0.393 e. The maximum Gasteiger partial charge on any atom is 0.322 e. The van der Waals surface area contributed by atoms with Crippen molar-refractivity contribution >= 4 is 11.9 Å². The predicted octanol–water partition coefficient (Wildman–Crippen LogP) is -0.255. The first-order valence-corrected chi connectivity index (χ1v) is 4.96.